The summed E-state index contributed by atoms with van der Waals surface area (Å²) in [5.41, 5.74) is 1.08. The van der Waals surface area contributed by atoms with Crippen molar-refractivity contribution in [3.63, 3.8) is 0 Å². The molecule has 0 unspecified atom stereocenters. The maximum Gasteiger partial charge on any atom is 0.236 e. The van der Waals surface area contributed by atoms with Crippen LogP contribution in [0.4, 0.5) is 5.82 Å². The van der Waals surface area contributed by atoms with E-state index in [1.54, 1.807) is 23.6 Å². The van der Waals surface area contributed by atoms with Crippen LogP contribution in [0.25, 0.3) is 11.4 Å². The first-order chi connectivity index (χ1) is 12.6. The van der Waals surface area contributed by atoms with Gasteiger partial charge in [-0.3, -0.25) is 4.79 Å². The van der Waals surface area contributed by atoms with Crippen LogP contribution in [0.2, 0.25) is 0 Å². The van der Waals surface area contributed by atoms with Crippen molar-refractivity contribution < 1.29 is 4.79 Å². The number of thiophene rings is 1. The van der Waals surface area contributed by atoms with Gasteiger partial charge in [-0.15, -0.1) is 21.5 Å². The number of anilines is 1. The van der Waals surface area contributed by atoms with Gasteiger partial charge in [0.15, 0.2) is 11.0 Å². The fraction of sp³-hybridized carbons (Fsp3) is 0.294. The van der Waals surface area contributed by atoms with Gasteiger partial charge in [0, 0.05) is 33.0 Å². The predicted molar refractivity (Wildman–Crippen MR) is 110 cm³/mol. The Hall–Kier alpha value is -1.71. The summed E-state index contributed by atoms with van der Waals surface area (Å²) in [6.45, 7) is 4.94. The topological polar surface area (TPSA) is 72.7 Å². The Morgan fingerprint density at radius 3 is 2.85 bits per heavy atom. The van der Waals surface area contributed by atoms with Crippen LogP contribution in [0.15, 0.2) is 39.4 Å². The second kappa shape index (κ2) is 8.79. The van der Waals surface area contributed by atoms with Crippen LogP contribution in [0.1, 0.15) is 18.7 Å². The molecule has 6 nitrogen and oxygen atoms in total. The lowest BCUT2D eigenvalue weighted by molar-refractivity contribution is -0.113. The number of aryl methyl sites for hydroxylation is 1. The molecule has 1 amide bonds. The molecule has 9 heteroatoms. The zero-order valence-electron chi connectivity index (χ0n) is 14.4. The van der Waals surface area contributed by atoms with Crippen LogP contribution in [0.3, 0.4) is 0 Å². The summed E-state index contributed by atoms with van der Waals surface area (Å²) in [7, 11) is 0. The van der Waals surface area contributed by atoms with E-state index >= 15 is 0 Å². The fourth-order valence-corrected chi connectivity index (χ4v) is 4.19. The van der Waals surface area contributed by atoms with E-state index in [-0.39, 0.29) is 11.7 Å². The fourth-order valence-electron chi connectivity index (χ4n) is 2.34. The molecule has 3 aromatic heterocycles. The smallest absolute Gasteiger partial charge is 0.236 e. The van der Waals surface area contributed by atoms with Gasteiger partial charge in [-0.05, 0) is 47.5 Å². The number of nitrogens with zero attached hydrogens (tertiary/aromatic N) is 4. The Morgan fingerprint density at radius 1 is 1.35 bits per heavy atom. The molecule has 0 saturated carbocycles. The number of halogens is 1. The molecule has 1 N–H and O–H groups in total. The first-order valence-electron chi connectivity index (χ1n) is 8.15. The van der Waals surface area contributed by atoms with Crippen molar-refractivity contribution in [3.05, 3.63) is 39.1 Å². The van der Waals surface area contributed by atoms with Gasteiger partial charge < -0.3 is 9.88 Å². The summed E-state index contributed by atoms with van der Waals surface area (Å²) in [6, 6.07) is 5.74. The third kappa shape index (κ3) is 4.52. The molecular formula is C17H18BrN5OS2. The lowest BCUT2D eigenvalue weighted by Gasteiger charge is -2.07. The van der Waals surface area contributed by atoms with Crippen LogP contribution in [0, 0.1) is 0 Å². The number of aromatic nitrogens is 4. The van der Waals surface area contributed by atoms with Crippen LogP contribution in [0.5, 0.6) is 0 Å². The molecule has 0 bridgehead atoms. The molecule has 0 radical (unpaired) electrons. The molecule has 3 aromatic rings. The Labute approximate surface area is 168 Å². The highest BCUT2D eigenvalue weighted by atomic mass is 79.9. The molecule has 136 valence electrons. The van der Waals surface area contributed by atoms with E-state index in [9.17, 15) is 4.79 Å². The van der Waals surface area contributed by atoms with Gasteiger partial charge in [0.05, 0.1) is 5.75 Å². The van der Waals surface area contributed by atoms with Crippen LogP contribution in [-0.2, 0) is 17.8 Å². The number of rotatable bonds is 7. The Bertz CT molecular complexity index is 891. The van der Waals surface area contributed by atoms with E-state index in [4.69, 9.17) is 0 Å². The molecule has 0 aliphatic carbocycles. The normalized spacial score (nSPS) is 10.9. The molecule has 0 aliphatic heterocycles. The van der Waals surface area contributed by atoms with Gasteiger partial charge in [0.25, 0.3) is 0 Å². The van der Waals surface area contributed by atoms with Gasteiger partial charge in [-0.25, -0.2) is 4.98 Å². The Balaban J connectivity index is 1.66. The Kier molecular flexibility index (Phi) is 6.44. The zero-order valence-corrected chi connectivity index (χ0v) is 17.6. The van der Waals surface area contributed by atoms with E-state index < -0.39 is 0 Å². The van der Waals surface area contributed by atoms with Gasteiger partial charge in [-0.1, -0.05) is 18.7 Å². The van der Waals surface area contributed by atoms with Gasteiger partial charge in [0.2, 0.25) is 5.91 Å². The van der Waals surface area contributed by atoms with Crippen molar-refractivity contribution in [3.8, 4) is 11.4 Å². The summed E-state index contributed by atoms with van der Waals surface area (Å²) in [5.74, 6) is 1.50. The second-order valence-corrected chi connectivity index (χ2v) is 8.26. The first-order valence-corrected chi connectivity index (χ1v) is 10.8. The minimum absolute atomic E-state index is 0.124. The standard InChI is InChI=1S/C17H18BrN5OS2/c1-3-13-7-11(9-25-13)16-21-22-17(23(16)4-2)26-10-15(24)20-14-6-5-12(18)8-19-14/h5-9H,3-4,10H2,1-2H3,(H,19,20,24). The molecule has 26 heavy (non-hydrogen) atoms. The average molecular weight is 452 g/mol. The number of pyridine rings is 1. The highest BCUT2D eigenvalue weighted by molar-refractivity contribution is 9.10. The minimum atomic E-state index is -0.124. The lowest BCUT2D eigenvalue weighted by atomic mass is 10.2. The van der Waals surface area contributed by atoms with E-state index in [1.165, 1.54) is 16.6 Å². The van der Waals surface area contributed by atoms with Crippen LogP contribution in [-0.4, -0.2) is 31.4 Å². The van der Waals surface area contributed by atoms with E-state index in [0.717, 1.165) is 34.0 Å². The van der Waals surface area contributed by atoms with Crippen molar-refractivity contribution in [2.45, 2.75) is 32.0 Å². The molecule has 0 fully saturated rings. The quantitative estimate of drug-likeness (QED) is 0.536. The summed E-state index contributed by atoms with van der Waals surface area (Å²) >= 11 is 6.42. The summed E-state index contributed by atoms with van der Waals surface area (Å²) in [5, 5.41) is 14.2. The van der Waals surface area contributed by atoms with Crippen molar-refractivity contribution in [2.24, 2.45) is 0 Å². The first kappa shape index (κ1) is 19.1. The summed E-state index contributed by atoms with van der Waals surface area (Å²) in [6.07, 6.45) is 2.66. The van der Waals surface area contributed by atoms with E-state index in [2.05, 4.69) is 61.7 Å². The van der Waals surface area contributed by atoms with E-state index in [1.807, 2.05) is 10.6 Å². The summed E-state index contributed by atoms with van der Waals surface area (Å²) < 4.78 is 2.91. The van der Waals surface area contributed by atoms with Crippen LogP contribution >= 0.6 is 39.0 Å². The molecular weight excluding hydrogens is 434 g/mol. The van der Waals surface area contributed by atoms with Crippen molar-refractivity contribution in [1.29, 1.82) is 0 Å². The highest BCUT2D eigenvalue weighted by Gasteiger charge is 2.15. The molecule has 3 rings (SSSR count). The second-order valence-electron chi connectivity index (χ2n) is 5.40. The maximum atomic E-state index is 12.1. The Morgan fingerprint density at radius 2 is 2.19 bits per heavy atom. The number of hydrogen-bond donors (Lipinski definition) is 1. The van der Waals surface area contributed by atoms with E-state index in [0.29, 0.717) is 5.82 Å². The number of nitrogens with one attached hydrogen (secondary N) is 1. The molecule has 0 saturated heterocycles. The van der Waals surface area contributed by atoms with Gasteiger partial charge in [-0.2, -0.15) is 0 Å². The number of amides is 1. The predicted octanol–water partition coefficient (Wildman–Crippen LogP) is 4.48. The third-order valence-corrected chi connectivity index (χ3v) is 6.14. The molecule has 0 aromatic carbocycles. The number of hydrogen-bond acceptors (Lipinski definition) is 6. The number of carbonyl (C=O) groups excluding carboxylic acids is 1. The number of thioether (sulfide) groups is 1. The summed E-state index contributed by atoms with van der Waals surface area (Å²) in [4.78, 5) is 17.6. The molecule has 0 spiro atoms. The molecule has 0 atom stereocenters. The van der Waals surface area contributed by atoms with Gasteiger partial charge in [0.1, 0.15) is 5.82 Å². The highest BCUT2D eigenvalue weighted by Crippen LogP contribution is 2.28. The van der Waals surface area contributed by atoms with Crippen molar-refractivity contribution in [1.82, 2.24) is 19.7 Å². The van der Waals surface area contributed by atoms with Crippen molar-refractivity contribution >= 4 is 50.8 Å². The van der Waals surface area contributed by atoms with Crippen molar-refractivity contribution in [2.75, 3.05) is 11.1 Å². The molecule has 3 heterocycles. The third-order valence-electron chi connectivity index (χ3n) is 3.62. The maximum absolute atomic E-state index is 12.1. The minimum Gasteiger partial charge on any atom is -0.310 e. The van der Waals surface area contributed by atoms with Gasteiger partial charge >= 0.3 is 0 Å². The SMILES string of the molecule is CCc1cc(-c2nnc(SCC(=O)Nc3ccc(Br)cn3)n2CC)cs1. The monoisotopic (exact) mass is 451 g/mol. The molecule has 0 aliphatic rings. The lowest BCUT2D eigenvalue weighted by Crippen LogP contribution is -2.15. The largest absolute Gasteiger partial charge is 0.310 e. The average Bonchev–Trinajstić information content (AvgIpc) is 3.27. The number of carbonyl (C=O) groups is 1. The van der Waals surface area contributed by atoms with Crippen LogP contribution < -0.4 is 5.32 Å². The zero-order chi connectivity index (χ0) is 18.5.